The van der Waals surface area contributed by atoms with Gasteiger partial charge in [-0.1, -0.05) is 23.7 Å². The van der Waals surface area contributed by atoms with Gasteiger partial charge in [-0.2, -0.15) is 0 Å². The number of aliphatic hydroxyl groups is 1. The third-order valence-corrected chi connectivity index (χ3v) is 3.68. The van der Waals surface area contributed by atoms with Gasteiger partial charge in [-0.05, 0) is 37.0 Å². The topological polar surface area (TPSA) is 54.4 Å². The van der Waals surface area contributed by atoms with Gasteiger partial charge in [0, 0.05) is 17.0 Å². The fraction of sp³-hybridized carbons (Fsp3) is 0.500. The summed E-state index contributed by atoms with van der Waals surface area (Å²) in [6.07, 6.45) is 2.16. The van der Waals surface area contributed by atoms with Crippen LogP contribution in [0.1, 0.15) is 18.4 Å². The lowest BCUT2D eigenvalue weighted by molar-refractivity contribution is 0.164. The second-order valence-corrected chi connectivity index (χ2v) is 6.96. The normalized spacial score (nSPS) is 13.6. The van der Waals surface area contributed by atoms with Gasteiger partial charge in [-0.25, -0.2) is 8.42 Å². The van der Waals surface area contributed by atoms with Crippen LogP contribution in [0.5, 0.6) is 0 Å². The van der Waals surface area contributed by atoms with E-state index in [2.05, 4.69) is 0 Å². The molecule has 0 saturated carbocycles. The van der Waals surface area contributed by atoms with Crippen molar-refractivity contribution in [3.05, 3.63) is 34.9 Å². The van der Waals surface area contributed by atoms with Crippen LogP contribution in [0.15, 0.2) is 24.3 Å². The summed E-state index contributed by atoms with van der Waals surface area (Å²) in [5, 5.41) is 10.4. The smallest absolute Gasteiger partial charge is 0.147 e. The van der Waals surface area contributed by atoms with Crippen molar-refractivity contribution in [2.75, 3.05) is 12.0 Å². The van der Waals surface area contributed by atoms with Crippen LogP contribution in [0.25, 0.3) is 0 Å². The van der Waals surface area contributed by atoms with Crippen LogP contribution in [-0.2, 0) is 16.3 Å². The molecular weight excluding hydrogens is 260 g/mol. The maximum atomic E-state index is 10.9. The zero-order chi connectivity index (χ0) is 12.9. The van der Waals surface area contributed by atoms with Gasteiger partial charge in [-0.3, -0.25) is 0 Å². The predicted molar refractivity (Wildman–Crippen MR) is 70.1 cm³/mol. The first-order chi connectivity index (χ1) is 7.87. The first-order valence-electron chi connectivity index (χ1n) is 5.47. The van der Waals surface area contributed by atoms with Crippen LogP contribution >= 0.6 is 11.6 Å². The molecule has 0 aliphatic carbocycles. The monoisotopic (exact) mass is 276 g/mol. The highest BCUT2D eigenvalue weighted by Gasteiger charge is 2.08. The molecule has 0 spiro atoms. The number of halogens is 1. The summed E-state index contributed by atoms with van der Waals surface area (Å²) < 4.78 is 21.8. The zero-order valence-corrected chi connectivity index (χ0v) is 11.3. The Morgan fingerprint density at radius 3 is 2.71 bits per heavy atom. The molecule has 1 aromatic carbocycles. The fourth-order valence-electron chi connectivity index (χ4n) is 1.62. The lowest BCUT2D eigenvalue weighted by atomic mass is 10.0. The van der Waals surface area contributed by atoms with E-state index in [4.69, 9.17) is 11.6 Å². The maximum absolute atomic E-state index is 10.9. The zero-order valence-electron chi connectivity index (χ0n) is 9.77. The fourth-order valence-corrected chi connectivity index (χ4v) is 2.52. The van der Waals surface area contributed by atoms with Gasteiger partial charge in [-0.15, -0.1) is 0 Å². The predicted octanol–water partition coefficient (Wildman–Crippen LogP) is 2.07. The number of hydrogen-bond donors (Lipinski definition) is 1. The molecule has 0 radical (unpaired) electrons. The van der Waals surface area contributed by atoms with E-state index in [9.17, 15) is 13.5 Å². The summed E-state index contributed by atoms with van der Waals surface area (Å²) in [6.45, 7) is 0. The Morgan fingerprint density at radius 2 is 2.12 bits per heavy atom. The van der Waals surface area contributed by atoms with Crippen molar-refractivity contribution in [3.8, 4) is 0 Å². The molecule has 1 aromatic rings. The first kappa shape index (κ1) is 14.5. The van der Waals surface area contributed by atoms with Crippen LogP contribution in [0.3, 0.4) is 0 Å². The molecule has 1 atom stereocenters. The average Bonchev–Trinajstić information content (AvgIpc) is 2.15. The van der Waals surface area contributed by atoms with Gasteiger partial charge in [0.05, 0.1) is 6.10 Å². The molecule has 0 fully saturated rings. The quantitative estimate of drug-likeness (QED) is 0.865. The molecule has 5 heteroatoms. The molecule has 3 nitrogen and oxygen atoms in total. The Morgan fingerprint density at radius 1 is 1.41 bits per heavy atom. The van der Waals surface area contributed by atoms with Crippen LogP contribution in [0.4, 0.5) is 0 Å². The van der Waals surface area contributed by atoms with E-state index < -0.39 is 15.9 Å². The van der Waals surface area contributed by atoms with Crippen molar-refractivity contribution in [2.24, 2.45) is 0 Å². The van der Waals surface area contributed by atoms with E-state index >= 15 is 0 Å². The van der Waals surface area contributed by atoms with E-state index in [-0.39, 0.29) is 5.75 Å². The molecule has 0 aromatic heterocycles. The minimum Gasteiger partial charge on any atom is -0.393 e. The van der Waals surface area contributed by atoms with Crippen molar-refractivity contribution in [1.29, 1.82) is 0 Å². The Labute approximate surface area is 107 Å². The molecule has 0 aliphatic heterocycles. The summed E-state index contributed by atoms with van der Waals surface area (Å²) in [5.41, 5.74) is 0.962. The molecule has 0 amide bonds. The molecule has 1 unspecified atom stereocenters. The van der Waals surface area contributed by atoms with E-state index in [1.165, 1.54) is 6.26 Å². The number of hydrogen-bond acceptors (Lipinski definition) is 3. The van der Waals surface area contributed by atoms with Crippen LogP contribution in [-0.4, -0.2) is 31.6 Å². The Bertz CT molecular complexity index is 457. The van der Waals surface area contributed by atoms with Crippen LogP contribution in [0.2, 0.25) is 5.02 Å². The van der Waals surface area contributed by atoms with Crippen LogP contribution < -0.4 is 0 Å². The number of rotatable bonds is 6. The summed E-state index contributed by atoms with van der Waals surface area (Å²) in [5.74, 6) is 0.125. The highest BCUT2D eigenvalue weighted by Crippen LogP contribution is 2.14. The van der Waals surface area contributed by atoms with Crippen molar-refractivity contribution in [3.63, 3.8) is 0 Å². The van der Waals surface area contributed by atoms with E-state index in [1.54, 1.807) is 12.1 Å². The van der Waals surface area contributed by atoms with E-state index in [0.29, 0.717) is 24.3 Å². The van der Waals surface area contributed by atoms with Gasteiger partial charge >= 0.3 is 0 Å². The van der Waals surface area contributed by atoms with Crippen LogP contribution in [0, 0.1) is 0 Å². The number of benzene rings is 1. The van der Waals surface area contributed by atoms with Gasteiger partial charge < -0.3 is 5.11 Å². The Balaban J connectivity index is 2.37. The largest absolute Gasteiger partial charge is 0.393 e. The van der Waals surface area contributed by atoms with Gasteiger partial charge in [0.2, 0.25) is 0 Å². The molecule has 0 heterocycles. The molecule has 0 saturated heterocycles. The molecule has 17 heavy (non-hydrogen) atoms. The highest BCUT2D eigenvalue weighted by molar-refractivity contribution is 7.90. The Hall–Kier alpha value is -0.580. The molecule has 96 valence electrons. The number of sulfone groups is 1. The highest BCUT2D eigenvalue weighted by atomic mass is 35.5. The lowest BCUT2D eigenvalue weighted by Gasteiger charge is -2.10. The maximum Gasteiger partial charge on any atom is 0.147 e. The van der Waals surface area contributed by atoms with Crippen molar-refractivity contribution in [1.82, 2.24) is 0 Å². The standard InChI is InChI=1S/C12H17ClO3S/c1-17(15,16)7-3-6-12(14)9-10-4-2-5-11(13)8-10/h2,4-5,8,12,14H,3,6-7,9H2,1H3. The molecule has 0 bridgehead atoms. The summed E-state index contributed by atoms with van der Waals surface area (Å²) in [7, 11) is -2.93. The van der Waals surface area contributed by atoms with E-state index in [0.717, 1.165) is 5.56 Å². The average molecular weight is 277 g/mol. The molecule has 0 aliphatic rings. The van der Waals surface area contributed by atoms with E-state index in [1.807, 2.05) is 12.1 Å². The van der Waals surface area contributed by atoms with Crippen molar-refractivity contribution in [2.45, 2.75) is 25.4 Å². The SMILES string of the molecule is CS(=O)(=O)CCCC(O)Cc1cccc(Cl)c1. The van der Waals surface area contributed by atoms with Crippen molar-refractivity contribution < 1.29 is 13.5 Å². The first-order valence-corrected chi connectivity index (χ1v) is 7.91. The third kappa shape index (κ3) is 6.66. The summed E-state index contributed by atoms with van der Waals surface area (Å²) in [4.78, 5) is 0. The summed E-state index contributed by atoms with van der Waals surface area (Å²) in [6, 6.07) is 7.31. The van der Waals surface area contributed by atoms with Gasteiger partial charge in [0.25, 0.3) is 0 Å². The summed E-state index contributed by atoms with van der Waals surface area (Å²) >= 11 is 5.83. The minimum atomic E-state index is -2.93. The lowest BCUT2D eigenvalue weighted by Crippen LogP contribution is -2.13. The van der Waals surface area contributed by atoms with Gasteiger partial charge in [0.15, 0.2) is 0 Å². The van der Waals surface area contributed by atoms with Crippen molar-refractivity contribution >= 4 is 21.4 Å². The number of aliphatic hydroxyl groups excluding tert-OH is 1. The Kier molecular flexibility index (Phi) is 5.43. The second-order valence-electron chi connectivity index (χ2n) is 4.26. The second kappa shape index (κ2) is 6.38. The third-order valence-electron chi connectivity index (χ3n) is 2.41. The molecule has 1 rings (SSSR count). The minimum absolute atomic E-state index is 0.125. The molecular formula is C12H17ClO3S. The molecule has 1 N–H and O–H groups in total. The van der Waals surface area contributed by atoms with Gasteiger partial charge in [0.1, 0.15) is 9.84 Å².